The number of hydrogen-bond acceptors (Lipinski definition) is 8. The minimum absolute atomic E-state index is 0.251. The van der Waals surface area contributed by atoms with Crippen LogP contribution in [0.25, 0.3) is 0 Å². The highest BCUT2D eigenvalue weighted by molar-refractivity contribution is 5.94. The van der Waals surface area contributed by atoms with Gasteiger partial charge in [0.2, 0.25) is 17.7 Å². The standard InChI is InChI=1S/C18H36N6O6/c1-11(18(29)30)22-16(27)13(6-2-4-8-19)24-17(28)14(7-3-5-9-20)23-15(26)12(21)10-25/h11-14,25H,2-10,19-21H2,1H3,(H,22,27)(H,23,26)(H,24,28)(H,29,30)/t11-,12-,13-,14-/m0/s1. The molecule has 0 spiro atoms. The number of nitrogens with one attached hydrogen (secondary N) is 3. The lowest BCUT2D eigenvalue weighted by Gasteiger charge is -2.24. The van der Waals surface area contributed by atoms with Crippen molar-refractivity contribution in [3.63, 3.8) is 0 Å². The molecule has 0 aliphatic heterocycles. The first kappa shape index (κ1) is 27.7. The zero-order valence-corrected chi connectivity index (χ0v) is 17.4. The van der Waals surface area contributed by atoms with Gasteiger partial charge in [0.25, 0.3) is 0 Å². The molecule has 0 saturated heterocycles. The molecule has 0 radical (unpaired) electrons. The van der Waals surface area contributed by atoms with Crippen LogP contribution in [0.5, 0.6) is 0 Å². The fourth-order valence-corrected chi connectivity index (χ4v) is 2.53. The summed E-state index contributed by atoms with van der Waals surface area (Å²) in [5.74, 6) is -3.16. The van der Waals surface area contributed by atoms with Crippen molar-refractivity contribution in [3.05, 3.63) is 0 Å². The van der Waals surface area contributed by atoms with Gasteiger partial charge in [-0.1, -0.05) is 0 Å². The molecule has 3 amide bonds. The molecule has 0 aromatic heterocycles. The summed E-state index contributed by atoms with van der Waals surface area (Å²) in [5.41, 5.74) is 16.4. The number of carbonyl (C=O) groups excluding carboxylic acids is 3. The van der Waals surface area contributed by atoms with Gasteiger partial charge in [-0.15, -0.1) is 0 Å². The van der Waals surface area contributed by atoms with Gasteiger partial charge in [0.05, 0.1) is 6.61 Å². The third kappa shape index (κ3) is 11.0. The number of nitrogens with two attached hydrogens (primary N) is 3. The van der Waals surface area contributed by atoms with Crippen molar-refractivity contribution in [2.75, 3.05) is 19.7 Å². The largest absolute Gasteiger partial charge is 0.480 e. The van der Waals surface area contributed by atoms with E-state index in [1.165, 1.54) is 6.92 Å². The number of amides is 3. The Morgan fingerprint density at radius 2 is 1.23 bits per heavy atom. The Balaban J connectivity index is 5.26. The smallest absolute Gasteiger partial charge is 0.325 e. The molecule has 0 aliphatic carbocycles. The van der Waals surface area contributed by atoms with Crippen molar-refractivity contribution in [2.24, 2.45) is 17.2 Å². The molecule has 0 rings (SSSR count). The molecular weight excluding hydrogens is 396 g/mol. The van der Waals surface area contributed by atoms with Crippen molar-refractivity contribution in [1.29, 1.82) is 0 Å². The number of hydrogen-bond donors (Lipinski definition) is 8. The first-order valence-corrected chi connectivity index (χ1v) is 10.1. The van der Waals surface area contributed by atoms with Crippen LogP contribution in [0.1, 0.15) is 45.4 Å². The van der Waals surface area contributed by atoms with Gasteiger partial charge in [0, 0.05) is 0 Å². The van der Waals surface area contributed by atoms with Crippen LogP contribution < -0.4 is 33.2 Å². The van der Waals surface area contributed by atoms with E-state index in [2.05, 4.69) is 16.0 Å². The van der Waals surface area contributed by atoms with Crippen molar-refractivity contribution in [1.82, 2.24) is 16.0 Å². The fraction of sp³-hybridized carbons (Fsp3) is 0.778. The summed E-state index contributed by atoms with van der Waals surface area (Å²) in [5, 5.41) is 25.4. The Morgan fingerprint density at radius 1 is 0.800 bits per heavy atom. The van der Waals surface area contributed by atoms with Crippen LogP contribution in [0.3, 0.4) is 0 Å². The van der Waals surface area contributed by atoms with Gasteiger partial charge in [0.1, 0.15) is 24.2 Å². The summed E-state index contributed by atoms with van der Waals surface area (Å²) in [6.07, 6.45) is 2.84. The van der Waals surface area contributed by atoms with Crippen LogP contribution in [0.4, 0.5) is 0 Å². The SMILES string of the molecule is C[C@H](NC(=O)[C@H](CCCCN)NC(=O)[C@H](CCCCN)NC(=O)[C@@H](N)CO)C(=O)O. The fourth-order valence-electron chi connectivity index (χ4n) is 2.53. The van der Waals surface area contributed by atoms with E-state index in [9.17, 15) is 19.2 Å². The average molecular weight is 433 g/mol. The highest BCUT2D eigenvalue weighted by atomic mass is 16.4. The van der Waals surface area contributed by atoms with Gasteiger partial charge in [0.15, 0.2) is 0 Å². The second-order valence-corrected chi connectivity index (χ2v) is 7.05. The molecule has 12 nitrogen and oxygen atoms in total. The topological polar surface area (TPSA) is 223 Å². The summed E-state index contributed by atoms with van der Waals surface area (Å²) in [6.45, 7) is 1.55. The maximum Gasteiger partial charge on any atom is 0.325 e. The number of unbranched alkanes of at least 4 members (excludes halogenated alkanes) is 2. The van der Waals surface area contributed by atoms with Crippen LogP contribution in [0.15, 0.2) is 0 Å². The molecule has 11 N–H and O–H groups in total. The summed E-state index contributed by atoms with van der Waals surface area (Å²) >= 11 is 0. The zero-order valence-electron chi connectivity index (χ0n) is 17.4. The van der Waals surface area contributed by atoms with Crippen LogP contribution in [0.2, 0.25) is 0 Å². The van der Waals surface area contributed by atoms with E-state index in [0.29, 0.717) is 38.8 Å². The van der Waals surface area contributed by atoms with Gasteiger partial charge in [-0.3, -0.25) is 19.2 Å². The number of aliphatic hydroxyl groups excluding tert-OH is 1. The maximum atomic E-state index is 12.8. The normalized spacial score (nSPS) is 14.8. The molecule has 0 bridgehead atoms. The predicted molar refractivity (Wildman–Crippen MR) is 110 cm³/mol. The molecule has 174 valence electrons. The van der Waals surface area contributed by atoms with E-state index in [4.69, 9.17) is 27.4 Å². The number of carboxylic acids is 1. The Kier molecular flexibility index (Phi) is 14.4. The number of carbonyl (C=O) groups is 4. The summed E-state index contributed by atoms with van der Waals surface area (Å²) in [6, 6.07) is -4.29. The van der Waals surface area contributed by atoms with E-state index in [-0.39, 0.29) is 12.8 Å². The Bertz CT molecular complexity index is 561. The molecule has 0 aromatic rings. The highest BCUT2D eigenvalue weighted by Crippen LogP contribution is 2.06. The second-order valence-electron chi connectivity index (χ2n) is 7.05. The third-order valence-corrected chi connectivity index (χ3v) is 4.42. The van der Waals surface area contributed by atoms with E-state index < -0.39 is 54.5 Å². The minimum atomic E-state index is -1.21. The molecule has 0 saturated carbocycles. The van der Waals surface area contributed by atoms with Crippen molar-refractivity contribution >= 4 is 23.7 Å². The molecule has 0 aliphatic rings. The van der Waals surface area contributed by atoms with Crippen LogP contribution in [0, 0.1) is 0 Å². The molecule has 30 heavy (non-hydrogen) atoms. The first-order valence-electron chi connectivity index (χ1n) is 10.1. The summed E-state index contributed by atoms with van der Waals surface area (Å²) in [7, 11) is 0. The summed E-state index contributed by atoms with van der Waals surface area (Å²) < 4.78 is 0. The van der Waals surface area contributed by atoms with Crippen molar-refractivity contribution in [2.45, 2.75) is 69.6 Å². The molecule has 0 heterocycles. The Morgan fingerprint density at radius 3 is 1.63 bits per heavy atom. The van der Waals surface area contributed by atoms with Gasteiger partial charge >= 0.3 is 5.97 Å². The number of aliphatic hydroxyl groups is 1. The van der Waals surface area contributed by atoms with Crippen LogP contribution in [-0.4, -0.2) is 77.8 Å². The van der Waals surface area contributed by atoms with Gasteiger partial charge in [-0.05, 0) is 58.5 Å². The summed E-state index contributed by atoms with van der Waals surface area (Å²) in [4.78, 5) is 48.3. The first-order chi connectivity index (χ1) is 14.2. The highest BCUT2D eigenvalue weighted by Gasteiger charge is 2.28. The Labute approximate surface area is 176 Å². The monoisotopic (exact) mass is 432 g/mol. The molecule has 0 unspecified atom stereocenters. The van der Waals surface area contributed by atoms with E-state index in [1.54, 1.807) is 0 Å². The lowest BCUT2D eigenvalue weighted by molar-refractivity contribution is -0.141. The van der Waals surface area contributed by atoms with Gasteiger partial charge in [-0.25, -0.2) is 0 Å². The van der Waals surface area contributed by atoms with Crippen molar-refractivity contribution in [3.8, 4) is 0 Å². The van der Waals surface area contributed by atoms with E-state index in [1.807, 2.05) is 0 Å². The Hall–Kier alpha value is -2.28. The van der Waals surface area contributed by atoms with E-state index in [0.717, 1.165) is 0 Å². The zero-order chi connectivity index (χ0) is 23.1. The van der Waals surface area contributed by atoms with Gasteiger partial charge < -0.3 is 43.4 Å². The second kappa shape index (κ2) is 15.5. The molecule has 0 aromatic carbocycles. The van der Waals surface area contributed by atoms with Crippen LogP contribution >= 0.6 is 0 Å². The average Bonchev–Trinajstić information content (AvgIpc) is 2.71. The van der Waals surface area contributed by atoms with Crippen LogP contribution in [-0.2, 0) is 19.2 Å². The molecule has 4 atom stereocenters. The predicted octanol–water partition coefficient (Wildman–Crippen LogP) is -2.88. The lowest BCUT2D eigenvalue weighted by Crippen LogP contribution is -2.57. The van der Waals surface area contributed by atoms with E-state index >= 15 is 0 Å². The molecule has 0 fully saturated rings. The number of carboxylic acid groups (broad SMARTS) is 1. The number of rotatable bonds is 16. The molecule has 12 heteroatoms. The lowest BCUT2D eigenvalue weighted by atomic mass is 10.0. The maximum absolute atomic E-state index is 12.8. The quantitative estimate of drug-likeness (QED) is 0.117. The molecular formula is C18H36N6O6. The third-order valence-electron chi connectivity index (χ3n) is 4.42. The minimum Gasteiger partial charge on any atom is -0.480 e. The van der Waals surface area contributed by atoms with Gasteiger partial charge in [-0.2, -0.15) is 0 Å². The van der Waals surface area contributed by atoms with Crippen molar-refractivity contribution < 1.29 is 29.4 Å². The number of aliphatic carboxylic acids is 1.